The molecule has 1 aliphatic heterocycles. The van der Waals surface area contributed by atoms with Gasteiger partial charge in [-0.2, -0.15) is 4.98 Å². The van der Waals surface area contributed by atoms with Gasteiger partial charge in [0.1, 0.15) is 36.6 Å². The molecule has 0 saturated heterocycles. The van der Waals surface area contributed by atoms with Gasteiger partial charge in [-0.15, -0.1) is 0 Å². The largest absolute Gasteiger partial charge is 0.386 e. The van der Waals surface area contributed by atoms with Crippen molar-refractivity contribution in [2.75, 3.05) is 18.9 Å². The summed E-state index contributed by atoms with van der Waals surface area (Å²) < 4.78 is 67.3. The van der Waals surface area contributed by atoms with Crippen LogP contribution in [0.15, 0.2) is 23.6 Å². The molecule has 2 aliphatic rings. The van der Waals surface area contributed by atoms with Crippen molar-refractivity contribution in [3.63, 3.8) is 0 Å². The number of imidazole rings is 2. The fourth-order valence-electron chi connectivity index (χ4n) is 4.87. The van der Waals surface area contributed by atoms with Crippen molar-refractivity contribution in [3.8, 4) is 0 Å². The summed E-state index contributed by atoms with van der Waals surface area (Å²) >= 11 is 8.13. The lowest BCUT2D eigenvalue weighted by molar-refractivity contribution is 0.0581. The van der Waals surface area contributed by atoms with Gasteiger partial charge in [0.05, 0.1) is 31.8 Å². The molecule has 0 spiro atoms. The molecule has 5 heterocycles. The molecule has 2 bridgehead atoms. The van der Waals surface area contributed by atoms with E-state index < -0.39 is 43.4 Å². The van der Waals surface area contributed by atoms with Crippen molar-refractivity contribution in [2.45, 2.75) is 37.9 Å². The summed E-state index contributed by atoms with van der Waals surface area (Å²) in [5.41, 5.74) is 5.99. The van der Waals surface area contributed by atoms with E-state index in [9.17, 15) is 13.9 Å². The molecule has 4 aromatic heterocycles. The van der Waals surface area contributed by atoms with Gasteiger partial charge in [0.15, 0.2) is 16.8 Å². The molecule has 0 radical (unpaired) electrons. The summed E-state index contributed by atoms with van der Waals surface area (Å²) in [6.07, 6.45) is 0.880. The minimum atomic E-state index is -4.22. The van der Waals surface area contributed by atoms with Crippen LogP contribution < -0.4 is 11.3 Å². The fourth-order valence-corrected chi connectivity index (χ4v) is 7.48. The van der Waals surface area contributed by atoms with E-state index >= 15 is 4.39 Å². The number of thiol groups is 2. The number of anilines is 1. The van der Waals surface area contributed by atoms with Crippen LogP contribution in [0.5, 0.6) is 0 Å². The number of nitrogens with one attached hydrogen (secondary N) is 1. The van der Waals surface area contributed by atoms with Crippen LogP contribution in [0.2, 0.25) is 0 Å². The summed E-state index contributed by atoms with van der Waals surface area (Å²) in [7, 11) is 0. The highest BCUT2D eigenvalue weighted by Crippen LogP contribution is 2.59. The SMILES string of the molecule is Nc1nc2c(ncn2[C@@H]2C[C@@H]3COP(=O)(S)OCCn4c(nc5cncnc54)COP(=O)(S)O[C@@H]2[C@@H]3F)c(=O)[nH]1. The number of halogens is 1. The van der Waals surface area contributed by atoms with E-state index in [1.54, 1.807) is 4.57 Å². The monoisotopic (exact) mass is 633 g/mol. The average Bonchev–Trinajstić information content (AvgIpc) is 3.55. The smallest absolute Gasteiger partial charge is 0.369 e. The number of H-pyrrole nitrogens is 1. The average molecular weight is 634 g/mol. The fraction of sp³-hybridized carbons (Fsp3) is 0.474. The first kappa shape index (κ1) is 27.8. The van der Waals surface area contributed by atoms with Gasteiger partial charge in [-0.05, 0) is 6.42 Å². The third-order valence-electron chi connectivity index (χ3n) is 6.62. The Morgan fingerprint density at radius 2 is 1.95 bits per heavy atom. The summed E-state index contributed by atoms with van der Waals surface area (Å²) in [5, 5.41) is 0. The summed E-state index contributed by atoms with van der Waals surface area (Å²) in [6, 6.07) is -0.903. The molecule has 2 unspecified atom stereocenters. The lowest BCUT2D eigenvalue weighted by atomic mass is 10.1. The third kappa shape index (κ3) is 5.32. The van der Waals surface area contributed by atoms with Crippen LogP contribution in [0.1, 0.15) is 18.3 Å². The molecule has 6 atom stereocenters. The minimum absolute atomic E-state index is 0.0295. The van der Waals surface area contributed by atoms with Crippen LogP contribution >= 0.6 is 38.1 Å². The number of hydrogen-bond donors (Lipinski definition) is 4. The number of hydrogen-bond acceptors (Lipinski definition) is 13. The Kier molecular flexibility index (Phi) is 7.28. The Morgan fingerprint density at radius 3 is 2.77 bits per heavy atom. The van der Waals surface area contributed by atoms with Crippen LogP contribution in [-0.2, 0) is 40.4 Å². The van der Waals surface area contributed by atoms with Gasteiger partial charge in [-0.1, -0.05) is 24.5 Å². The van der Waals surface area contributed by atoms with Crippen LogP contribution in [0.3, 0.4) is 0 Å². The lowest BCUT2D eigenvalue weighted by Gasteiger charge is -2.25. The number of aromatic nitrogens is 8. The second kappa shape index (κ2) is 10.5. The third-order valence-corrected chi connectivity index (χ3v) is 9.89. The van der Waals surface area contributed by atoms with Crippen molar-refractivity contribution in [2.24, 2.45) is 5.92 Å². The lowest BCUT2D eigenvalue weighted by Crippen LogP contribution is -2.29. The van der Waals surface area contributed by atoms with Gasteiger partial charge in [0.2, 0.25) is 5.95 Å². The number of nitrogens with zero attached hydrogens (tertiary/aromatic N) is 7. The van der Waals surface area contributed by atoms with E-state index in [0.717, 1.165) is 0 Å². The van der Waals surface area contributed by atoms with Gasteiger partial charge in [0.25, 0.3) is 5.56 Å². The first-order chi connectivity index (χ1) is 19.0. The summed E-state index contributed by atoms with van der Waals surface area (Å²) in [6.45, 7) is -8.88. The molecule has 16 nitrogen and oxygen atoms in total. The maximum absolute atomic E-state index is 15.9. The van der Waals surface area contributed by atoms with Gasteiger partial charge < -0.3 is 19.4 Å². The second-order valence-corrected chi connectivity index (χ2v) is 14.9. The first-order valence-electron chi connectivity index (χ1n) is 11.8. The number of alkyl halides is 1. The molecule has 6 rings (SSSR count). The number of nitrogens with two attached hydrogens (primary N) is 1. The Morgan fingerprint density at radius 1 is 1.12 bits per heavy atom. The summed E-state index contributed by atoms with van der Waals surface area (Å²) in [4.78, 5) is 35.4. The quantitative estimate of drug-likeness (QED) is 0.176. The zero-order valence-electron chi connectivity index (χ0n) is 20.3. The maximum Gasteiger partial charge on any atom is 0.386 e. The number of rotatable bonds is 1. The molecule has 0 amide bonds. The van der Waals surface area contributed by atoms with Gasteiger partial charge >= 0.3 is 13.6 Å². The highest BCUT2D eigenvalue weighted by molar-refractivity contribution is 8.44. The normalized spacial score (nSPS) is 32.1. The molecular formula is C19H22FN9O7P2S2. The zero-order valence-corrected chi connectivity index (χ0v) is 23.9. The molecule has 1 saturated carbocycles. The van der Waals surface area contributed by atoms with Gasteiger partial charge in [0, 0.05) is 12.5 Å². The van der Waals surface area contributed by atoms with E-state index in [1.165, 1.54) is 23.4 Å². The summed E-state index contributed by atoms with van der Waals surface area (Å²) in [5.74, 6) is -0.825. The molecule has 1 fully saturated rings. The van der Waals surface area contributed by atoms with Crippen LogP contribution in [0, 0.1) is 5.92 Å². The molecule has 1 aliphatic carbocycles. The first-order valence-corrected chi connectivity index (χ1v) is 17.2. The van der Waals surface area contributed by atoms with Crippen molar-refractivity contribution in [3.05, 3.63) is 35.0 Å². The molecular weight excluding hydrogens is 611 g/mol. The Hall–Kier alpha value is -2.37. The van der Waals surface area contributed by atoms with Crippen molar-refractivity contribution in [1.82, 2.24) is 39.0 Å². The van der Waals surface area contributed by atoms with E-state index in [4.69, 9.17) is 23.8 Å². The number of fused-ring (bicyclic) bond motifs is 6. The molecule has 4 aromatic rings. The molecule has 0 aromatic carbocycles. The highest BCUT2D eigenvalue weighted by atomic mass is 32.7. The van der Waals surface area contributed by atoms with Crippen LogP contribution in [-0.4, -0.2) is 64.5 Å². The molecule has 214 valence electrons. The molecule has 3 N–H and O–H groups in total. The van der Waals surface area contributed by atoms with Gasteiger partial charge in [-0.3, -0.25) is 23.3 Å². The maximum atomic E-state index is 15.9. The van der Waals surface area contributed by atoms with Crippen LogP contribution in [0.4, 0.5) is 10.3 Å². The number of aromatic amines is 1. The van der Waals surface area contributed by atoms with E-state index in [-0.39, 0.29) is 55.7 Å². The van der Waals surface area contributed by atoms with E-state index in [0.29, 0.717) is 11.2 Å². The Bertz CT molecular complexity index is 1750. The predicted molar refractivity (Wildman–Crippen MR) is 145 cm³/mol. The van der Waals surface area contributed by atoms with E-state index in [2.05, 4.69) is 54.4 Å². The van der Waals surface area contributed by atoms with Crippen molar-refractivity contribution < 1.29 is 31.6 Å². The second-order valence-electron chi connectivity index (χ2n) is 9.10. The molecule has 21 heteroatoms. The topological polar surface area (TPSA) is 204 Å². The van der Waals surface area contributed by atoms with Crippen molar-refractivity contribution >= 4 is 66.4 Å². The predicted octanol–water partition coefficient (Wildman–Crippen LogP) is 2.47. The number of nitrogen functional groups attached to an aromatic ring is 1. The van der Waals surface area contributed by atoms with Crippen LogP contribution in [0.25, 0.3) is 22.3 Å². The zero-order chi connectivity index (χ0) is 28.2. The Balaban J connectivity index is 1.38. The Labute approximate surface area is 234 Å². The highest BCUT2D eigenvalue weighted by Gasteiger charge is 2.49. The van der Waals surface area contributed by atoms with Gasteiger partial charge in [-0.25, -0.2) is 33.5 Å². The van der Waals surface area contributed by atoms with Crippen molar-refractivity contribution in [1.29, 1.82) is 0 Å². The van der Waals surface area contributed by atoms with E-state index in [1.807, 2.05) is 0 Å². The standard InChI is InChI=1S/C19H22FN9O7P2S2/c20-13-9-3-11(29-8-24-14-17(29)26-19(21)27-18(14)30)15(13)36-38(32,40)35-6-12-25-10-4-22-7-23-16(10)28(12)1-2-33-37(31,39)34-5-9/h4,7-9,11,13,15H,1-3,5-6H2,(H,31,39)(H,32,40)(H3,21,26,27,30)/t9-,11-,13-,15+,37?,38?/m1/s1. The molecule has 40 heavy (non-hydrogen) atoms. The minimum Gasteiger partial charge on any atom is -0.369 e.